The summed E-state index contributed by atoms with van der Waals surface area (Å²) in [5.41, 5.74) is 1.07. The summed E-state index contributed by atoms with van der Waals surface area (Å²) >= 11 is 0. The molecule has 2 atom stereocenters. The summed E-state index contributed by atoms with van der Waals surface area (Å²) in [5, 5.41) is 6.13. The second-order valence-corrected chi connectivity index (χ2v) is 8.53. The summed E-state index contributed by atoms with van der Waals surface area (Å²) in [6.07, 6.45) is -0.570. The molecule has 0 radical (unpaired) electrons. The molecule has 1 saturated heterocycles. The van der Waals surface area contributed by atoms with Gasteiger partial charge < -0.3 is 19.9 Å². The first-order valence-electron chi connectivity index (χ1n) is 8.16. The highest BCUT2D eigenvalue weighted by atomic mass is 32.2. The van der Waals surface area contributed by atoms with Crippen LogP contribution in [0.5, 0.6) is 0 Å². The molecule has 8 nitrogen and oxygen atoms in total. The largest absolute Gasteiger partial charge is 0.378 e. The summed E-state index contributed by atoms with van der Waals surface area (Å²) in [6, 6.07) is 8.08. The molecule has 1 aliphatic rings. The zero-order valence-electron chi connectivity index (χ0n) is 14.6. The molecule has 0 bridgehead atoms. The molecule has 0 spiro atoms. The maximum absolute atomic E-state index is 12.4. The number of ether oxygens (including phenoxy) is 1. The highest BCUT2D eigenvalue weighted by Crippen LogP contribution is 2.15. The van der Waals surface area contributed by atoms with Gasteiger partial charge in [0.1, 0.15) is 0 Å². The molecule has 2 amide bonds. The van der Waals surface area contributed by atoms with Crippen molar-refractivity contribution in [3.05, 3.63) is 46.2 Å². The van der Waals surface area contributed by atoms with E-state index in [9.17, 15) is 18.0 Å². The molecule has 1 aromatic carbocycles. The Morgan fingerprint density at radius 2 is 2.04 bits per heavy atom. The van der Waals surface area contributed by atoms with Gasteiger partial charge in [0, 0.05) is 26.3 Å². The van der Waals surface area contributed by atoms with Gasteiger partial charge in [0.25, 0.3) is 5.56 Å². The van der Waals surface area contributed by atoms with E-state index in [0.29, 0.717) is 5.56 Å². The predicted molar refractivity (Wildman–Crippen MR) is 97.8 cm³/mol. The van der Waals surface area contributed by atoms with E-state index >= 15 is 0 Å². The number of para-hydroxylation sites is 1. The van der Waals surface area contributed by atoms with Crippen molar-refractivity contribution in [2.45, 2.75) is 18.7 Å². The van der Waals surface area contributed by atoms with Crippen LogP contribution in [0.4, 0.5) is 4.79 Å². The predicted octanol–water partition coefficient (Wildman–Crippen LogP) is 0.150. The van der Waals surface area contributed by atoms with Crippen LogP contribution >= 0.6 is 0 Å². The number of nitrogens with zero attached hydrogens (tertiary/aromatic N) is 1. The Bertz CT molecular complexity index is 999. The minimum absolute atomic E-state index is 0.0421. The number of carbonyl (C=O) groups is 1. The molecule has 3 rings (SSSR count). The number of aromatic nitrogens is 1. The Morgan fingerprint density at radius 1 is 1.31 bits per heavy atom. The van der Waals surface area contributed by atoms with Crippen LogP contribution in [-0.4, -0.2) is 49.8 Å². The number of sulfone groups is 1. The summed E-state index contributed by atoms with van der Waals surface area (Å²) in [6.45, 7) is 0.0421. The SMILES string of the molecule is COC1CS(=O)(=O)CC1NC(=O)NCc1cc2ccccc2n(C)c1=O. The van der Waals surface area contributed by atoms with Crippen molar-refractivity contribution >= 4 is 26.8 Å². The van der Waals surface area contributed by atoms with E-state index in [1.807, 2.05) is 24.3 Å². The molecule has 26 heavy (non-hydrogen) atoms. The lowest BCUT2D eigenvalue weighted by Crippen LogP contribution is -2.48. The third kappa shape index (κ3) is 3.73. The number of pyridine rings is 1. The Kier molecular flexibility index (Phi) is 5.01. The Hall–Kier alpha value is -2.39. The molecular formula is C17H21N3O5S. The van der Waals surface area contributed by atoms with E-state index in [2.05, 4.69) is 10.6 Å². The van der Waals surface area contributed by atoms with Gasteiger partial charge in [0.15, 0.2) is 9.84 Å². The normalized spacial score (nSPS) is 21.6. The van der Waals surface area contributed by atoms with Gasteiger partial charge in [-0.2, -0.15) is 0 Å². The standard InChI is InChI=1S/C17H21N3O5S/c1-20-14-6-4-3-5-11(14)7-12(16(20)21)8-18-17(22)19-13-9-26(23,24)10-15(13)25-2/h3-7,13,15H,8-10H2,1-2H3,(H2,18,19,22). The van der Waals surface area contributed by atoms with Gasteiger partial charge in [0.05, 0.1) is 29.2 Å². The van der Waals surface area contributed by atoms with Crippen LogP contribution in [0.3, 0.4) is 0 Å². The van der Waals surface area contributed by atoms with E-state index in [0.717, 1.165) is 10.9 Å². The summed E-state index contributed by atoms with van der Waals surface area (Å²) in [5.74, 6) is -0.268. The number of benzene rings is 1. The van der Waals surface area contributed by atoms with Crippen molar-refractivity contribution in [2.24, 2.45) is 7.05 Å². The molecule has 2 aromatic rings. The van der Waals surface area contributed by atoms with Gasteiger partial charge in [-0.15, -0.1) is 0 Å². The maximum atomic E-state index is 12.4. The summed E-state index contributed by atoms with van der Waals surface area (Å²) in [7, 11) is -0.132. The quantitative estimate of drug-likeness (QED) is 0.787. The smallest absolute Gasteiger partial charge is 0.315 e. The van der Waals surface area contributed by atoms with Gasteiger partial charge in [-0.05, 0) is 17.5 Å². The fourth-order valence-corrected chi connectivity index (χ4v) is 5.04. The van der Waals surface area contributed by atoms with E-state index in [1.54, 1.807) is 13.1 Å². The number of urea groups is 1. The van der Waals surface area contributed by atoms with Crippen molar-refractivity contribution in [3.63, 3.8) is 0 Å². The Labute approximate surface area is 151 Å². The first kappa shape index (κ1) is 18.4. The average molecular weight is 379 g/mol. The van der Waals surface area contributed by atoms with Gasteiger partial charge in [-0.25, -0.2) is 13.2 Å². The van der Waals surface area contributed by atoms with E-state index < -0.39 is 28.0 Å². The minimum Gasteiger partial charge on any atom is -0.378 e. The fraction of sp³-hybridized carbons (Fsp3) is 0.412. The summed E-state index contributed by atoms with van der Waals surface area (Å²) < 4.78 is 30.0. The number of amides is 2. The van der Waals surface area contributed by atoms with Crippen LogP contribution in [0.2, 0.25) is 0 Å². The minimum atomic E-state index is -3.23. The number of nitrogens with one attached hydrogen (secondary N) is 2. The van der Waals surface area contributed by atoms with Gasteiger partial charge in [-0.1, -0.05) is 18.2 Å². The zero-order chi connectivity index (χ0) is 18.9. The van der Waals surface area contributed by atoms with Crippen LogP contribution in [0.15, 0.2) is 35.1 Å². The highest BCUT2D eigenvalue weighted by Gasteiger charge is 2.38. The number of rotatable bonds is 4. The van der Waals surface area contributed by atoms with Crippen LogP contribution in [0.1, 0.15) is 5.56 Å². The molecule has 9 heteroatoms. The number of aryl methyl sites for hydroxylation is 1. The third-order valence-corrected chi connectivity index (χ3v) is 6.27. The lowest BCUT2D eigenvalue weighted by Gasteiger charge is -2.18. The molecule has 0 saturated carbocycles. The second kappa shape index (κ2) is 7.08. The lowest BCUT2D eigenvalue weighted by atomic mass is 10.1. The monoisotopic (exact) mass is 379 g/mol. The Morgan fingerprint density at radius 3 is 2.77 bits per heavy atom. The molecule has 2 N–H and O–H groups in total. The topological polar surface area (TPSA) is 106 Å². The number of hydrogen-bond donors (Lipinski definition) is 2. The molecular weight excluding hydrogens is 358 g/mol. The maximum Gasteiger partial charge on any atom is 0.315 e. The van der Waals surface area contributed by atoms with Crippen molar-refractivity contribution in [2.75, 3.05) is 18.6 Å². The van der Waals surface area contributed by atoms with Gasteiger partial charge in [-0.3, -0.25) is 4.79 Å². The molecule has 2 unspecified atom stereocenters. The first-order chi connectivity index (χ1) is 12.3. The average Bonchev–Trinajstić information content (AvgIpc) is 2.90. The number of fused-ring (bicyclic) bond motifs is 1. The van der Waals surface area contributed by atoms with Crippen LogP contribution < -0.4 is 16.2 Å². The van der Waals surface area contributed by atoms with E-state index in [4.69, 9.17) is 4.74 Å². The fourth-order valence-electron chi connectivity index (χ4n) is 3.19. The molecule has 1 fully saturated rings. The van der Waals surface area contributed by atoms with Crippen molar-refractivity contribution in [1.29, 1.82) is 0 Å². The van der Waals surface area contributed by atoms with E-state index in [1.165, 1.54) is 11.7 Å². The summed E-state index contributed by atoms with van der Waals surface area (Å²) in [4.78, 5) is 24.5. The molecule has 1 aromatic heterocycles. The van der Waals surface area contributed by atoms with Gasteiger partial charge >= 0.3 is 6.03 Å². The Balaban J connectivity index is 1.69. The second-order valence-electron chi connectivity index (χ2n) is 6.38. The van der Waals surface area contributed by atoms with Crippen molar-refractivity contribution in [1.82, 2.24) is 15.2 Å². The van der Waals surface area contributed by atoms with Crippen LogP contribution in [0, 0.1) is 0 Å². The molecule has 140 valence electrons. The number of hydrogen-bond acceptors (Lipinski definition) is 5. The van der Waals surface area contributed by atoms with Crippen LogP contribution in [-0.2, 0) is 28.2 Å². The van der Waals surface area contributed by atoms with E-state index in [-0.39, 0.29) is 23.6 Å². The highest BCUT2D eigenvalue weighted by molar-refractivity contribution is 7.91. The lowest BCUT2D eigenvalue weighted by molar-refractivity contribution is 0.101. The van der Waals surface area contributed by atoms with Gasteiger partial charge in [0.2, 0.25) is 0 Å². The van der Waals surface area contributed by atoms with Crippen molar-refractivity contribution in [3.8, 4) is 0 Å². The van der Waals surface area contributed by atoms with Crippen LogP contribution in [0.25, 0.3) is 10.9 Å². The number of carbonyl (C=O) groups excluding carboxylic acids is 1. The first-order valence-corrected chi connectivity index (χ1v) is 9.98. The number of methoxy groups -OCH3 is 1. The molecule has 2 heterocycles. The molecule has 0 aliphatic carbocycles. The zero-order valence-corrected chi connectivity index (χ0v) is 15.4. The van der Waals surface area contributed by atoms with Crippen molar-refractivity contribution < 1.29 is 17.9 Å². The third-order valence-electron chi connectivity index (χ3n) is 4.57. The molecule has 1 aliphatic heterocycles.